The van der Waals surface area contributed by atoms with Gasteiger partial charge in [-0.15, -0.1) is 0 Å². The standard InChI is InChI=1S/C22H10F12S2/c23-19(24,25)11-4-12(20(26,27)28)7-17(6-11)35-15-2-1-3-16(10-15)36-18-8-13(21(29,30)31)5-14(9-18)22(32,33)34/h1-10H. The van der Waals surface area contributed by atoms with Gasteiger partial charge in [0.15, 0.2) is 0 Å². The summed E-state index contributed by atoms with van der Waals surface area (Å²) in [5.41, 5.74) is -6.13. The van der Waals surface area contributed by atoms with Crippen molar-refractivity contribution in [1.82, 2.24) is 0 Å². The Balaban J connectivity index is 1.95. The van der Waals surface area contributed by atoms with Gasteiger partial charge in [0.2, 0.25) is 0 Å². The van der Waals surface area contributed by atoms with E-state index in [0.29, 0.717) is 47.8 Å². The predicted molar refractivity (Wildman–Crippen MR) is 108 cm³/mol. The maximum absolute atomic E-state index is 13.1. The molecule has 0 radical (unpaired) electrons. The van der Waals surface area contributed by atoms with Gasteiger partial charge in [-0.2, -0.15) is 52.7 Å². The second-order valence-corrected chi connectivity index (χ2v) is 9.46. The van der Waals surface area contributed by atoms with E-state index in [1.165, 1.54) is 24.3 Å². The highest BCUT2D eigenvalue weighted by atomic mass is 32.2. The largest absolute Gasteiger partial charge is 0.416 e. The second kappa shape index (κ2) is 9.77. The van der Waals surface area contributed by atoms with Crippen molar-refractivity contribution >= 4 is 23.5 Å². The molecule has 0 saturated carbocycles. The zero-order valence-electron chi connectivity index (χ0n) is 17.1. The molecule has 0 bridgehead atoms. The molecule has 14 heteroatoms. The molecule has 0 N–H and O–H groups in total. The van der Waals surface area contributed by atoms with Crippen LogP contribution in [0.5, 0.6) is 0 Å². The van der Waals surface area contributed by atoms with Crippen molar-refractivity contribution in [3.8, 4) is 0 Å². The van der Waals surface area contributed by atoms with Crippen LogP contribution < -0.4 is 0 Å². The van der Waals surface area contributed by atoms with Crippen LogP contribution in [0, 0.1) is 0 Å². The number of alkyl halides is 12. The van der Waals surface area contributed by atoms with Crippen LogP contribution in [0.15, 0.2) is 80.2 Å². The molecule has 0 atom stereocenters. The molecule has 3 rings (SSSR count). The average Bonchev–Trinajstić information content (AvgIpc) is 2.71. The first-order valence-electron chi connectivity index (χ1n) is 9.37. The van der Waals surface area contributed by atoms with Gasteiger partial charge in [-0.1, -0.05) is 29.6 Å². The third-order valence-electron chi connectivity index (χ3n) is 4.40. The monoisotopic (exact) mass is 566 g/mol. The van der Waals surface area contributed by atoms with Gasteiger partial charge < -0.3 is 0 Å². The molecular weight excluding hydrogens is 556 g/mol. The number of hydrogen-bond donors (Lipinski definition) is 0. The topological polar surface area (TPSA) is 0 Å². The summed E-state index contributed by atoms with van der Waals surface area (Å²) in [5, 5.41) is 0. The third-order valence-corrected chi connectivity index (χ3v) is 6.32. The quantitative estimate of drug-likeness (QED) is 0.288. The molecule has 0 unspecified atom stereocenters. The lowest BCUT2D eigenvalue weighted by Crippen LogP contribution is -2.10. The Hall–Kier alpha value is -2.48. The van der Waals surface area contributed by atoms with Crippen molar-refractivity contribution in [3.63, 3.8) is 0 Å². The fourth-order valence-corrected chi connectivity index (χ4v) is 4.87. The van der Waals surface area contributed by atoms with E-state index in [0.717, 1.165) is 0 Å². The van der Waals surface area contributed by atoms with Gasteiger partial charge in [0.25, 0.3) is 0 Å². The van der Waals surface area contributed by atoms with E-state index >= 15 is 0 Å². The molecule has 0 aliphatic carbocycles. The zero-order chi connectivity index (χ0) is 27.1. The second-order valence-electron chi connectivity index (χ2n) is 7.16. The number of hydrogen-bond acceptors (Lipinski definition) is 2. The molecular formula is C22H10F12S2. The lowest BCUT2D eigenvalue weighted by molar-refractivity contribution is -0.145. The summed E-state index contributed by atoms with van der Waals surface area (Å²) in [7, 11) is 0. The fourth-order valence-electron chi connectivity index (χ4n) is 2.84. The summed E-state index contributed by atoms with van der Waals surface area (Å²) in [4.78, 5) is -0.624. The van der Waals surface area contributed by atoms with Crippen molar-refractivity contribution < 1.29 is 52.7 Å². The molecule has 0 spiro atoms. The van der Waals surface area contributed by atoms with Gasteiger partial charge in [-0.3, -0.25) is 0 Å². The summed E-state index contributed by atoms with van der Waals surface area (Å²) < 4.78 is 157. The molecule has 0 aliphatic rings. The summed E-state index contributed by atoms with van der Waals surface area (Å²) in [6.45, 7) is 0. The molecule has 3 aromatic rings. The van der Waals surface area contributed by atoms with Crippen LogP contribution >= 0.6 is 23.5 Å². The first kappa shape index (κ1) is 28.1. The Morgan fingerprint density at radius 2 is 0.639 bits per heavy atom. The maximum Gasteiger partial charge on any atom is 0.416 e. The summed E-state index contributed by atoms with van der Waals surface area (Å²) in [6.07, 6.45) is -20.2. The van der Waals surface area contributed by atoms with Crippen molar-refractivity contribution in [2.24, 2.45) is 0 Å². The first-order valence-corrected chi connectivity index (χ1v) is 11.0. The van der Waals surface area contributed by atoms with Crippen LogP contribution in [0.3, 0.4) is 0 Å². The van der Waals surface area contributed by atoms with E-state index < -0.39 is 56.7 Å². The third kappa shape index (κ3) is 7.28. The van der Waals surface area contributed by atoms with Gasteiger partial charge in [0.1, 0.15) is 0 Å². The lowest BCUT2D eigenvalue weighted by Gasteiger charge is -2.15. The molecule has 0 nitrogen and oxygen atoms in total. The van der Waals surface area contributed by atoms with Crippen molar-refractivity contribution in [1.29, 1.82) is 0 Å². The van der Waals surface area contributed by atoms with Crippen molar-refractivity contribution in [2.45, 2.75) is 44.3 Å². The maximum atomic E-state index is 13.1. The minimum Gasteiger partial charge on any atom is -0.166 e. The number of halogens is 12. The molecule has 0 fully saturated rings. The average molecular weight is 566 g/mol. The van der Waals surface area contributed by atoms with Gasteiger partial charge in [-0.05, 0) is 54.6 Å². The highest BCUT2D eigenvalue weighted by Crippen LogP contribution is 2.43. The van der Waals surface area contributed by atoms with E-state index in [2.05, 4.69) is 0 Å². The highest BCUT2D eigenvalue weighted by Gasteiger charge is 2.38. The smallest absolute Gasteiger partial charge is 0.166 e. The molecule has 0 aromatic heterocycles. The number of rotatable bonds is 4. The minimum absolute atomic E-state index is 0.0395. The van der Waals surface area contributed by atoms with Gasteiger partial charge in [0, 0.05) is 19.6 Å². The van der Waals surface area contributed by atoms with Crippen LogP contribution in [0.4, 0.5) is 52.7 Å². The Bertz CT molecular complexity index is 1080. The molecule has 0 heterocycles. The van der Waals surface area contributed by atoms with Crippen LogP contribution in [-0.4, -0.2) is 0 Å². The van der Waals surface area contributed by atoms with E-state index in [1.807, 2.05) is 0 Å². The van der Waals surface area contributed by atoms with E-state index in [1.54, 1.807) is 0 Å². The van der Waals surface area contributed by atoms with Gasteiger partial charge in [0.05, 0.1) is 22.3 Å². The molecule has 36 heavy (non-hydrogen) atoms. The van der Waals surface area contributed by atoms with Crippen molar-refractivity contribution in [3.05, 3.63) is 82.9 Å². The molecule has 0 aliphatic heterocycles. The fraction of sp³-hybridized carbons (Fsp3) is 0.182. The van der Waals surface area contributed by atoms with Crippen LogP contribution in [0.2, 0.25) is 0 Å². The van der Waals surface area contributed by atoms with E-state index in [4.69, 9.17) is 0 Å². The molecule has 0 amide bonds. The van der Waals surface area contributed by atoms with E-state index in [-0.39, 0.29) is 21.9 Å². The lowest BCUT2D eigenvalue weighted by atomic mass is 10.1. The summed E-state index contributed by atoms with van der Waals surface area (Å²) in [6, 6.07) is 7.08. The van der Waals surface area contributed by atoms with Crippen LogP contribution in [0.1, 0.15) is 22.3 Å². The SMILES string of the molecule is FC(F)(F)c1cc(Sc2cccc(Sc3cc(C(F)(F)F)cc(C(F)(F)F)c3)c2)cc(C(F)(F)F)c1. The summed E-state index contributed by atoms with van der Waals surface area (Å²) >= 11 is 1.03. The summed E-state index contributed by atoms with van der Waals surface area (Å²) in [5.74, 6) is 0. The first-order chi connectivity index (χ1) is 16.3. The highest BCUT2D eigenvalue weighted by molar-refractivity contribution is 8.00. The normalized spacial score (nSPS) is 13.2. The predicted octanol–water partition coefficient (Wildman–Crippen LogP) is 10.1. The molecule has 3 aromatic carbocycles. The van der Waals surface area contributed by atoms with Gasteiger partial charge in [-0.25, -0.2) is 0 Å². The zero-order valence-corrected chi connectivity index (χ0v) is 18.8. The van der Waals surface area contributed by atoms with E-state index in [9.17, 15) is 52.7 Å². The van der Waals surface area contributed by atoms with Gasteiger partial charge >= 0.3 is 24.7 Å². The number of benzene rings is 3. The Labute approximate surface area is 203 Å². The molecule has 0 saturated heterocycles. The van der Waals surface area contributed by atoms with Crippen LogP contribution in [-0.2, 0) is 24.7 Å². The minimum atomic E-state index is -5.06. The van der Waals surface area contributed by atoms with Crippen molar-refractivity contribution in [2.75, 3.05) is 0 Å². The molecule has 194 valence electrons. The van der Waals surface area contributed by atoms with Crippen LogP contribution in [0.25, 0.3) is 0 Å². The Morgan fingerprint density at radius 3 is 0.889 bits per heavy atom. The Morgan fingerprint density at radius 1 is 0.361 bits per heavy atom. The Kier molecular flexibility index (Phi) is 7.62.